The first-order valence-corrected chi connectivity index (χ1v) is 6.57. The van der Waals surface area contributed by atoms with Crippen LogP contribution in [0, 0.1) is 19.8 Å². The molecule has 0 saturated heterocycles. The fourth-order valence-corrected chi connectivity index (χ4v) is 2.28. The maximum absolute atomic E-state index is 10.6. The Kier molecular flexibility index (Phi) is 5.57. The van der Waals surface area contributed by atoms with E-state index in [4.69, 9.17) is 0 Å². The van der Waals surface area contributed by atoms with Crippen molar-refractivity contribution in [2.45, 2.75) is 39.8 Å². The smallest absolute Gasteiger partial charge is 0.0948 e. The molecule has 2 nitrogen and oxygen atoms in total. The van der Waals surface area contributed by atoms with Crippen LogP contribution in [0.2, 0.25) is 0 Å². The zero-order valence-corrected chi connectivity index (χ0v) is 11.9. The third-order valence-electron chi connectivity index (χ3n) is 3.30. The first kappa shape index (κ1) is 14.9. The maximum Gasteiger partial charge on any atom is 0.0948 e. The zero-order valence-electron chi connectivity index (χ0n) is 11.9. The van der Waals surface area contributed by atoms with Crippen LogP contribution in [0.3, 0.4) is 0 Å². The second-order valence-corrected chi connectivity index (χ2v) is 5.27. The van der Waals surface area contributed by atoms with E-state index in [0.717, 1.165) is 11.1 Å². The second-order valence-electron chi connectivity index (χ2n) is 5.27. The van der Waals surface area contributed by atoms with Gasteiger partial charge in [0.15, 0.2) is 0 Å². The molecule has 2 atom stereocenters. The van der Waals surface area contributed by atoms with Crippen LogP contribution in [-0.2, 0) is 0 Å². The summed E-state index contributed by atoms with van der Waals surface area (Å²) >= 11 is 0. The summed E-state index contributed by atoms with van der Waals surface area (Å²) in [7, 11) is 0. The standard InChI is InChI=1S/C16H25NO/c1-6-9-17-15(11(2)3)16(18)14-8-7-12(4)10-13(14)5/h6-8,10-11,15-18H,1,9H2,2-5H3. The van der Waals surface area contributed by atoms with Crippen molar-refractivity contribution in [1.82, 2.24) is 5.32 Å². The molecule has 1 aromatic carbocycles. The minimum atomic E-state index is -0.481. The highest BCUT2D eigenvalue weighted by Gasteiger charge is 2.24. The van der Waals surface area contributed by atoms with Crippen molar-refractivity contribution in [2.24, 2.45) is 5.92 Å². The molecule has 0 radical (unpaired) electrons. The first-order chi connectivity index (χ1) is 8.47. The summed E-state index contributed by atoms with van der Waals surface area (Å²) in [6.07, 6.45) is 1.34. The molecule has 0 amide bonds. The minimum Gasteiger partial charge on any atom is -0.387 e. The number of aliphatic hydroxyl groups excluding tert-OH is 1. The van der Waals surface area contributed by atoms with Gasteiger partial charge < -0.3 is 10.4 Å². The fourth-order valence-electron chi connectivity index (χ4n) is 2.28. The summed E-state index contributed by atoms with van der Waals surface area (Å²) in [5, 5.41) is 13.9. The monoisotopic (exact) mass is 247 g/mol. The van der Waals surface area contributed by atoms with Gasteiger partial charge in [-0.2, -0.15) is 0 Å². The van der Waals surface area contributed by atoms with Crippen LogP contribution in [-0.4, -0.2) is 17.7 Å². The van der Waals surface area contributed by atoms with E-state index in [1.54, 1.807) is 0 Å². The topological polar surface area (TPSA) is 32.3 Å². The van der Waals surface area contributed by atoms with Crippen LogP contribution < -0.4 is 5.32 Å². The van der Waals surface area contributed by atoms with Crippen LogP contribution in [0.5, 0.6) is 0 Å². The lowest BCUT2D eigenvalue weighted by Crippen LogP contribution is -2.39. The third-order valence-corrected chi connectivity index (χ3v) is 3.30. The highest BCUT2D eigenvalue weighted by molar-refractivity contribution is 5.32. The summed E-state index contributed by atoms with van der Waals surface area (Å²) in [5.74, 6) is 0.362. The first-order valence-electron chi connectivity index (χ1n) is 6.57. The molecule has 0 heterocycles. The molecule has 0 aliphatic carbocycles. The van der Waals surface area contributed by atoms with Crippen LogP contribution in [0.25, 0.3) is 0 Å². The number of nitrogens with one attached hydrogen (secondary N) is 1. The Morgan fingerprint density at radius 2 is 2.00 bits per heavy atom. The maximum atomic E-state index is 10.6. The van der Waals surface area contributed by atoms with Crippen molar-refractivity contribution in [2.75, 3.05) is 6.54 Å². The largest absolute Gasteiger partial charge is 0.387 e. The van der Waals surface area contributed by atoms with Crippen LogP contribution in [0.4, 0.5) is 0 Å². The molecule has 0 bridgehead atoms. The summed E-state index contributed by atoms with van der Waals surface area (Å²) in [6.45, 7) is 12.8. The predicted molar refractivity (Wildman–Crippen MR) is 77.7 cm³/mol. The molecular formula is C16H25NO. The average Bonchev–Trinajstić information content (AvgIpc) is 2.28. The van der Waals surface area contributed by atoms with Crippen molar-refractivity contribution >= 4 is 0 Å². The highest BCUT2D eigenvalue weighted by atomic mass is 16.3. The van der Waals surface area contributed by atoms with Crippen molar-refractivity contribution in [3.8, 4) is 0 Å². The number of rotatable bonds is 6. The second kappa shape index (κ2) is 6.72. The van der Waals surface area contributed by atoms with E-state index in [0.29, 0.717) is 12.5 Å². The molecule has 1 rings (SSSR count). The predicted octanol–water partition coefficient (Wildman–Crippen LogP) is 3.14. The van der Waals surface area contributed by atoms with Gasteiger partial charge in [0.1, 0.15) is 0 Å². The SMILES string of the molecule is C=CCNC(C(C)C)C(O)c1ccc(C)cc1C. The van der Waals surface area contributed by atoms with Crippen LogP contribution >= 0.6 is 0 Å². The van der Waals surface area contributed by atoms with E-state index in [1.807, 2.05) is 12.1 Å². The molecule has 0 spiro atoms. The minimum absolute atomic E-state index is 0.0457. The van der Waals surface area contributed by atoms with E-state index in [2.05, 4.69) is 51.7 Å². The lowest BCUT2D eigenvalue weighted by molar-refractivity contribution is 0.107. The summed E-state index contributed by atoms with van der Waals surface area (Å²) in [6, 6.07) is 6.24. The highest BCUT2D eigenvalue weighted by Crippen LogP contribution is 2.25. The Morgan fingerprint density at radius 1 is 1.33 bits per heavy atom. The van der Waals surface area contributed by atoms with E-state index < -0.39 is 6.10 Å². The van der Waals surface area contributed by atoms with Crippen molar-refractivity contribution in [3.05, 3.63) is 47.5 Å². The van der Waals surface area contributed by atoms with Gasteiger partial charge >= 0.3 is 0 Å². The van der Waals surface area contributed by atoms with E-state index in [-0.39, 0.29) is 6.04 Å². The van der Waals surface area contributed by atoms with E-state index >= 15 is 0 Å². The Hall–Kier alpha value is -1.12. The number of benzene rings is 1. The lowest BCUT2D eigenvalue weighted by atomic mass is 9.90. The Bertz CT molecular complexity index is 398. The molecule has 0 aromatic heterocycles. The molecule has 18 heavy (non-hydrogen) atoms. The van der Waals surface area contributed by atoms with Crippen molar-refractivity contribution in [3.63, 3.8) is 0 Å². The molecular weight excluding hydrogens is 222 g/mol. The van der Waals surface area contributed by atoms with Gasteiger partial charge in [-0.05, 0) is 30.9 Å². The normalized spacial score (nSPS) is 14.6. The van der Waals surface area contributed by atoms with Gasteiger partial charge in [-0.1, -0.05) is 43.7 Å². The number of hydrogen-bond acceptors (Lipinski definition) is 2. The van der Waals surface area contributed by atoms with Gasteiger partial charge in [-0.3, -0.25) is 0 Å². The molecule has 0 saturated carbocycles. The van der Waals surface area contributed by atoms with Gasteiger partial charge in [0.25, 0.3) is 0 Å². The van der Waals surface area contributed by atoms with Gasteiger partial charge in [0.2, 0.25) is 0 Å². The van der Waals surface area contributed by atoms with Gasteiger partial charge in [-0.25, -0.2) is 0 Å². The number of hydrogen-bond donors (Lipinski definition) is 2. The molecule has 0 fully saturated rings. The van der Waals surface area contributed by atoms with Crippen molar-refractivity contribution < 1.29 is 5.11 Å². The molecule has 2 heteroatoms. The van der Waals surface area contributed by atoms with Gasteiger partial charge in [0, 0.05) is 12.6 Å². The number of aliphatic hydroxyl groups is 1. The quantitative estimate of drug-likeness (QED) is 0.757. The average molecular weight is 247 g/mol. The molecule has 2 unspecified atom stereocenters. The van der Waals surface area contributed by atoms with E-state index in [1.165, 1.54) is 5.56 Å². The summed E-state index contributed by atoms with van der Waals surface area (Å²) in [5.41, 5.74) is 3.38. The van der Waals surface area contributed by atoms with Crippen LogP contribution in [0.1, 0.15) is 36.6 Å². The van der Waals surface area contributed by atoms with Crippen LogP contribution in [0.15, 0.2) is 30.9 Å². The van der Waals surface area contributed by atoms with Gasteiger partial charge in [-0.15, -0.1) is 6.58 Å². The Morgan fingerprint density at radius 3 is 2.50 bits per heavy atom. The fraction of sp³-hybridized carbons (Fsp3) is 0.500. The third kappa shape index (κ3) is 3.69. The lowest BCUT2D eigenvalue weighted by Gasteiger charge is -2.28. The molecule has 1 aromatic rings. The van der Waals surface area contributed by atoms with Crippen molar-refractivity contribution in [1.29, 1.82) is 0 Å². The summed E-state index contributed by atoms with van der Waals surface area (Å²) < 4.78 is 0. The Balaban J connectivity index is 2.93. The summed E-state index contributed by atoms with van der Waals surface area (Å²) in [4.78, 5) is 0. The molecule has 100 valence electrons. The Labute approximate surface area is 111 Å². The molecule has 2 N–H and O–H groups in total. The van der Waals surface area contributed by atoms with Gasteiger partial charge in [0.05, 0.1) is 6.10 Å². The van der Waals surface area contributed by atoms with E-state index in [9.17, 15) is 5.11 Å². The molecule has 0 aliphatic heterocycles. The molecule has 0 aliphatic rings. The number of aryl methyl sites for hydroxylation is 2. The zero-order chi connectivity index (χ0) is 13.7.